The molecule has 0 saturated carbocycles. The van der Waals surface area contributed by atoms with Crippen molar-refractivity contribution in [3.05, 3.63) is 48.3 Å². The summed E-state index contributed by atoms with van der Waals surface area (Å²) in [5.74, 6) is 0.221. The molecular formula is C20H23N5O2S. The number of nitrogens with zero attached hydrogens (tertiary/aromatic N) is 3. The fourth-order valence-corrected chi connectivity index (χ4v) is 3.80. The van der Waals surface area contributed by atoms with E-state index in [9.17, 15) is 9.59 Å². The quantitative estimate of drug-likeness (QED) is 0.569. The van der Waals surface area contributed by atoms with Crippen molar-refractivity contribution in [3.63, 3.8) is 0 Å². The lowest BCUT2D eigenvalue weighted by atomic mass is 10.1. The fraction of sp³-hybridized carbons (Fsp3) is 0.300. The predicted octanol–water partition coefficient (Wildman–Crippen LogP) is 2.99. The summed E-state index contributed by atoms with van der Waals surface area (Å²) in [5, 5.41) is 13.8. The van der Waals surface area contributed by atoms with E-state index in [4.69, 9.17) is 5.73 Å². The van der Waals surface area contributed by atoms with Crippen LogP contribution in [-0.4, -0.2) is 31.8 Å². The van der Waals surface area contributed by atoms with Gasteiger partial charge in [-0.15, -0.1) is 10.2 Å². The van der Waals surface area contributed by atoms with E-state index in [1.165, 1.54) is 11.8 Å². The Kier molecular flexibility index (Phi) is 6.30. The van der Waals surface area contributed by atoms with E-state index >= 15 is 0 Å². The van der Waals surface area contributed by atoms with Crippen LogP contribution in [-0.2, 0) is 22.6 Å². The average molecular weight is 398 g/mol. The third-order valence-electron chi connectivity index (χ3n) is 4.37. The zero-order valence-corrected chi connectivity index (χ0v) is 16.7. The van der Waals surface area contributed by atoms with Crippen molar-refractivity contribution in [2.24, 2.45) is 5.73 Å². The van der Waals surface area contributed by atoms with Gasteiger partial charge in [-0.05, 0) is 36.8 Å². The molecule has 0 unspecified atom stereocenters. The van der Waals surface area contributed by atoms with Crippen LogP contribution < -0.4 is 11.1 Å². The molecule has 1 aromatic heterocycles. The molecule has 1 atom stereocenters. The number of primary amides is 1. The monoisotopic (exact) mass is 397 g/mol. The van der Waals surface area contributed by atoms with E-state index in [2.05, 4.69) is 15.5 Å². The Balaban J connectivity index is 1.67. The number of carbonyl (C=O) groups is 2. The first-order valence-electron chi connectivity index (χ1n) is 9.14. The molecule has 1 heterocycles. The molecule has 8 heteroatoms. The van der Waals surface area contributed by atoms with Crippen molar-refractivity contribution < 1.29 is 9.59 Å². The summed E-state index contributed by atoms with van der Waals surface area (Å²) < 4.78 is 1.91. The predicted molar refractivity (Wildman–Crippen MR) is 111 cm³/mol. The van der Waals surface area contributed by atoms with Crippen molar-refractivity contribution in [2.45, 2.75) is 43.6 Å². The molecule has 2 amide bonds. The number of carbonyl (C=O) groups excluding carboxylic acids is 2. The number of hydrogen-bond donors (Lipinski definition) is 2. The highest BCUT2D eigenvalue weighted by Crippen LogP contribution is 2.25. The summed E-state index contributed by atoms with van der Waals surface area (Å²) in [6, 6.07) is 13.9. The zero-order chi connectivity index (χ0) is 20.1. The first-order valence-corrected chi connectivity index (χ1v) is 10.0. The minimum atomic E-state index is -0.372. The SMILES string of the molecule is CCn1c(CCC(N)=O)nnc1S[C@H](C)C(=O)Nc1ccc2ccccc2c1. The van der Waals surface area contributed by atoms with Gasteiger partial charge in [0.05, 0.1) is 5.25 Å². The number of hydrogen-bond acceptors (Lipinski definition) is 5. The standard InChI is InChI=1S/C20H23N5O2S/c1-3-25-18(11-10-17(21)26)23-24-20(25)28-13(2)19(27)22-16-9-8-14-6-4-5-7-15(14)12-16/h4-9,12-13H,3,10-11H2,1-2H3,(H2,21,26)(H,22,27)/t13-/m1/s1. The van der Waals surface area contributed by atoms with Crippen LogP contribution in [0.3, 0.4) is 0 Å². The number of fused-ring (bicyclic) bond motifs is 1. The van der Waals surface area contributed by atoms with Crippen molar-refractivity contribution in [1.29, 1.82) is 0 Å². The molecule has 0 radical (unpaired) electrons. The number of aryl methyl sites for hydroxylation is 1. The number of anilines is 1. The van der Waals surface area contributed by atoms with E-state index < -0.39 is 0 Å². The lowest BCUT2D eigenvalue weighted by molar-refractivity contribution is -0.118. The number of aromatic nitrogens is 3. The van der Waals surface area contributed by atoms with Gasteiger partial charge in [-0.2, -0.15) is 0 Å². The van der Waals surface area contributed by atoms with Crippen molar-refractivity contribution in [1.82, 2.24) is 14.8 Å². The van der Waals surface area contributed by atoms with E-state index in [1.54, 1.807) is 0 Å². The summed E-state index contributed by atoms with van der Waals surface area (Å²) in [6.07, 6.45) is 0.662. The second-order valence-electron chi connectivity index (χ2n) is 6.42. The average Bonchev–Trinajstić information content (AvgIpc) is 3.07. The Labute approximate surface area is 167 Å². The third-order valence-corrected chi connectivity index (χ3v) is 5.45. The van der Waals surface area contributed by atoms with Gasteiger partial charge in [0.15, 0.2) is 5.16 Å². The van der Waals surface area contributed by atoms with Crippen LogP contribution in [0.4, 0.5) is 5.69 Å². The highest BCUT2D eigenvalue weighted by molar-refractivity contribution is 8.00. The van der Waals surface area contributed by atoms with Gasteiger partial charge in [-0.1, -0.05) is 42.1 Å². The number of amides is 2. The van der Waals surface area contributed by atoms with Crippen LogP contribution >= 0.6 is 11.8 Å². The number of nitrogens with two attached hydrogens (primary N) is 1. The summed E-state index contributed by atoms with van der Waals surface area (Å²) in [5.41, 5.74) is 5.97. The largest absolute Gasteiger partial charge is 0.370 e. The smallest absolute Gasteiger partial charge is 0.237 e. The molecule has 0 spiro atoms. The number of thioether (sulfide) groups is 1. The van der Waals surface area contributed by atoms with Gasteiger partial charge in [0.2, 0.25) is 11.8 Å². The van der Waals surface area contributed by atoms with Crippen LogP contribution in [0.2, 0.25) is 0 Å². The van der Waals surface area contributed by atoms with Crippen LogP contribution in [0.5, 0.6) is 0 Å². The van der Waals surface area contributed by atoms with Crippen molar-refractivity contribution in [2.75, 3.05) is 5.32 Å². The molecule has 0 aliphatic rings. The molecule has 0 aliphatic carbocycles. The highest BCUT2D eigenvalue weighted by Gasteiger charge is 2.20. The molecule has 0 saturated heterocycles. The Morgan fingerprint density at radius 2 is 1.93 bits per heavy atom. The number of nitrogens with one attached hydrogen (secondary N) is 1. The molecule has 0 bridgehead atoms. The van der Waals surface area contributed by atoms with Crippen LogP contribution in [0.1, 0.15) is 26.1 Å². The Morgan fingerprint density at radius 3 is 2.64 bits per heavy atom. The lowest BCUT2D eigenvalue weighted by Crippen LogP contribution is -2.23. The molecule has 0 aliphatic heterocycles. The Hall–Kier alpha value is -2.87. The second-order valence-corrected chi connectivity index (χ2v) is 7.73. The molecule has 3 aromatic rings. The molecule has 28 heavy (non-hydrogen) atoms. The molecule has 3 N–H and O–H groups in total. The Bertz CT molecular complexity index is 1000. The lowest BCUT2D eigenvalue weighted by Gasteiger charge is -2.13. The molecular weight excluding hydrogens is 374 g/mol. The number of rotatable bonds is 8. The van der Waals surface area contributed by atoms with Gasteiger partial charge < -0.3 is 15.6 Å². The van der Waals surface area contributed by atoms with E-state index in [0.29, 0.717) is 23.9 Å². The van der Waals surface area contributed by atoms with Gasteiger partial charge in [0, 0.05) is 25.1 Å². The maximum Gasteiger partial charge on any atom is 0.237 e. The molecule has 146 valence electrons. The zero-order valence-electron chi connectivity index (χ0n) is 15.9. The Morgan fingerprint density at radius 1 is 1.18 bits per heavy atom. The highest BCUT2D eigenvalue weighted by atomic mass is 32.2. The summed E-state index contributed by atoms with van der Waals surface area (Å²) in [6.45, 7) is 4.46. The minimum absolute atomic E-state index is 0.107. The molecule has 2 aromatic carbocycles. The normalized spacial score (nSPS) is 12.1. The van der Waals surface area contributed by atoms with Crippen LogP contribution in [0.15, 0.2) is 47.6 Å². The molecule has 0 fully saturated rings. The number of benzene rings is 2. The summed E-state index contributed by atoms with van der Waals surface area (Å²) >= 11 is 1.34. The van der Waals surface area contributed by atoms with E-state index in [1.807, 2.05) is 60.9 Å². The van der Waals surface area contributed by atoms with Crippen molar-refractivity contribution in [3.8, 4) is 0 Å². The summed E-state index contributed by atoms with van der Waals surface area (Å²) in [4.78, 5) is 23.6. The van der Waals surface area contributed by atoms with E-state index in [-0.39, 0.29) is 23.5 Å². The first kappa shape index (κ1) is 19.9. The van der Waals surface area contributed by atoms with Gasteiger partial charge in [-0.25, -0.2) is 0 Å². The minimum Gasteiger partial charge on any atom is -0.370 e. The first-order chi connectivity index (χ1) is 13.5. The van der Waals surface area contributed by atoms with Crippen molar-refractivity contribution >= 4 is 40.0 Å². The maximum atomic E-state index is 12.6. The maximum absolute atomic E-state index is 12.6. The van der Waals surface area contributed by atoms with Crippen LogP contribution in [0, 0.1) is 0 Å². The fourth-order valence-electron chi connectivity index (χ4n) is 2.87. The van der Waals surface area contributed by atoms with E-state index in [0.717, 1.165) is 16.5 Å². The van der Waals surface area contributed by atoms with Gasteiger partial charge >= 0.3 is 0 Å². The van der Waals surface area contributed by atoms with Gasteiger partial charge in [-0.3, -0.25) is 9.59 Å². The third kappa shape index (κ3) is 4.69. The molecule has 7 nitrogen and oxygen atoms in total. The van der Waals surface area contributed by atoms with Crippen LogP contribution in [0.25, 0.3) is 10.8 Å². The topological polar surface area (TPSA) is 103 Å². The van der Waals surface area contributed by atoms with Gasteiger partial charge in [0.1, 0.15) is 5.82 Å². The second kappa shape index (κ2) is 8.88. The molecule has 3 rings (SSSR count). The van der Waals surface area contributed by atoms with Gasteiger partial charge in [0.25, 0.3) is 0 Å². The summed E-state index contributed by atoms with van der Waals surface area (Å²) in [7, 11) is 0.